The number of aliphatic carboxylic acids is 1. The fourth-order valence-corrected chi connectivity index (χ4v) is 1.86. The first-order valence-electron chi connectivity index (χ1n) is 6.30. The molecule has 1 heterocycles. The van der Waals surface area contributed by atoms with Crippen molar-refractivity contribution in [2.24, 2.45) is 0 Å². The largest absolute Gasteiger partial charge is 0.494 e. The van der Waals surface area contributed by atoms with Crippen LogP contribution in [-0.4, -0.2) is 27.5 Å². The van der Waals surface area contributed by atoms with E-state index >= 15 is 0 Å². The molecule has 20 heavy (non-hydrogen) atoms. The molecule has 1 aromatic heterocycles. The molecule has 0 bridgehead atoms. The average Bonchev–Trinajstić information content (AvgIpc) is 2.79. The van der Waals surface area contributed by atoms with Crippen LogP contribution < -0.4 is 4.74 Å². The van der Waals surface area contributed by atoms with Crippen LogP contribution in [0.2, 0.25) is 0 Å². The summed E-state index contributed by atoms with van der Waals surface area (Å²) in [6, 6.07) is 7.59. The van der Waals surface area contributed by atoms with Gasteiger partial charge in [-0.2, -0.15) is 5.10 Å². The Labute approximate surface area is 117 Å². The monoisotopic (exact) mass is 272 g/mol. The van der Waals surface area contributed by atoms with Crippen molar-refractivity contribution in [3.8, 4) is 11.4 Å². The molecule has 0 unspecified atom stereocenters. The molecule has 2 aromatic rings. The van der Waals surface area contributed by atoms with Gasteiger partial charge in [0, 0.05) is 17.3 Å². The summed E-state index contributed by atoms with van der Waals surface area (Å²) in [5, 5.41) is 12.9. The number of ether oxygens (including phenoxy) is 1. The number of carboxylic acid groups (broad SMARTS) is 1. The molecule has 0 radical (unpaired) electrons. The highest BCUT2D eigenvalue weighted by Gasteiger charge is 2.06. The van der Waals surface area contributed by atoms with Crippen molar-refractivity contribution in [1.82, 2.24) is 9.78 Å². The topological polar surface area (TPSA) is 64.4 Å². The molecule has 5 heteroatoms. The summed E-state index contributed by atoms with van der Waals surface area (Å²) in [5.74, 6) is -0.162. The SMILES string of the molecule is CCOc1ccc(-n2ncc(/C=C/C(=O)O)c2C)cc1. The Morgan fingerprint density at radius 1 is 1.40 bits per heavy atom. The van der Waals surface area contributed by atoms with E-state index in [2.05, 4.69) is 5.10 Å². The van der Waals surface area contributed by atoms with E-state index in [1.54, 1.807) is 10.9 Å². The first kappa shape index (κ1) is 13.9. The highest BCUT2D eigenvalue weighted by molar-refractivity contribution is 5.85. The minimum Gasteiger partial charge on any atom is -0.494 e. The van der Waals surface area contributed by atoms with Crippen molar-refractivity contribution in [2.45, 2.75) is 13.8 Å². The van der Waals surface area contributed by atoms with Gasteiger partial charge in [-0.05, 0) is 44.2 Å². The van der Waals surface area contributed by atoms with Gasteiger partial charge >= 0.3 is 5.97 Å². The Morgan fingerprint density at radius 2 is 2.10 bits per heavy atom. The van der Waals surface area contributed by atoms with Gasteiger partial charge in [0.1, 0.15) is 5.75 Å². The lowest BCUT2D eigenvalue weighted by Crippen LogP contribution is -1.99. The Bertz CT molecular complexity index is 627. The van der Waals surface area contributed by atoms with Gasteiger partial charge in [0.2, 0.25) is 0 Å². The van der Waals surface area contributed by atoms with Crippen molar-refractivity contribution in [2.75, 3.05) is 6.61 Å². The Morgan fingerprint density at radius 3 is 2.70 bits per heavy atom. The number of aromatic nitrogens is 2. The summed E-state index contributed by atoms with van der Waals surface area (Å²) in [6.07, 6.45) is 4.29. The number of nitrogens with zero attached hydrogens (tertiary/aromatic N) is 2. The molecule has 0 aliphatic carbocycles. The predicted molar refractivity (Wildman–Crippen MR) is 76.1 cm³/mol. The zero-order chi connectivity index (χ0) is 14.5. The molecular weight excluding hydrogens is 256 g/mol. The summed E-state index contributed by atoms with van der Waals surface area (Å²) in [6.45, 7) is 4.46. The lowest BCUT2D eigenvalue weighted by atomic mass is 10.2. The number of benzene rings is 1. The number of carbonyl (C=O) groups is 1. The Hall–Kier alpha value is -2.56. The van der Waals surface area contributed by atoms with Crippen LogP contribution >= 0.6 is 0 Å². The molecule has 1 N–H and O–H groups in total. The number of hydrogen-bond acceptors (Lipinski definition) is 3. The molecule has 104 valence electrons. The van der Waals surface area contributed by atoms with Crippen molar-refractivity contribution in [3.05, 3.63) is 47.8 Å². The molecule has 0 amide bonds. The van der Waals surface area contributed by atoms with Gasteiger partial charge in [-0.1, -0.05) is 0 Å². The second-order valence-electron chi connectivity index (χ2n) is 4.20. The zero-order valence-electron chi connectivity index (χ0n) is 11.4. The fourth-order valence-electron chi connectivity index (χ4n) is 1.86. The molecular formula is C15H16N2O3. The number of carboxylic acids is 1. The van der Waals surface area contributed by atoms with Crippen molar-refractivity contribution in [3.63, 3.8) is 0 Å². The Kier molecular flexibility index (Phi) is 4.20. The van der Waals surface area contributed by atoms with Crippen LogP contribution in [0.1, 0.15) is 18.2 Å². The lowest BCUT2D eigenvalue weighted by Gasteiger charge is -2.07. The lowest BCUT2D eigenvalue weighted by molar-refractivity contribution is -0.131. The molecule has 0 aliphatic rings. The normalized spacial score (nSPS) is 10.9. The zero-order valence-corrected chi connectivity index (χ0v) is 11.4. The van der Waals surface area contributed by atoms with Crippen LogP contribution in [0.25, 0.3) is 11.8 Å². The number of rotatable bonds is 5. The summed E-state index contributed by atoms with van der Waals surface area (Å²) < 4.78 is 7.15. The second-order valence-corrected chi connectivity index (χ2v) is 4.20. The predicted octanol–water partition coefficient (Wildman–Crippen LogP) is 2.68. The summed E-state index contributed by atoms with van der Waals surface area (Å²) in [4.78, 5) is 10.5. The smallest absolute Gasteiger partial charge is 0.328 e. The van der Waals surface area contributed by atoms with E-state index in [1.165, 1.54) is 6.08 Å². The van der Waals surface area contributed by atoms with Gasteiger partial charge < -0.3 is 9.84 Å². The summed E-state index contributed by atoms with van der Waals surface area (Å²) in [5.41, 5.74) is 2.56. The molecule has 0 fully saturated rings. The molecule has 5 nitrogen and oxygen atoms in total. The summed E-state index contributed by atoms with van der Waals surface area (Å²) >= 11 is 0. The third kappa shape index (κ3) is 3.06. The van der Waals surface area contributed by atoms with E-state index in [-0.39, 0.29) is 0 Å². The van der Waals surface area contributed by atoms with Crippen LogP contribution in [0.3, 0.4) is 0 Å². The van der Waals surface area contributed by atoms with E-state index in [9.17, 15) is 4.79 Å². The highest BCUT2D eigenvalue weighted by atomic mass is 16.5. The van der Waals surface area contributed by atoms with Crippen molar-refractivity contribution >= 4 is 12.0 Å². The van der Waals surface area contributed by atoms with Gasteiger partial charge in [-0.15, -0.1) is 0 Å². The molecule has 0 atom stereocenters. The first-order valence-corrected chi connectivity index (χ1v) is 6.30. The van der Waals surface area contributed by atoms with Gasteiger partial charge in [0.25, 0.3) is 0 Å². The van der Waals surface area contributed by atoms with Crippen LogP contribution in [0.4, 0.5) is 0 Å². The van der Waals surface area contributed by atoms with Crippen molar-refractivity contribution < 1.29 is 14.6 Å². The van der Waals surface area contributed by atoms with Crippen molar-refractivity contribution in [1.29, 1.82) is 0 Å². The van der Waals surface area contributed by atoms with E-state index in [1.807, 2.05) is 38.1 Å². The molecule has 0 saturated heterocycles. The molecule has 0 saturated carbocycles. The van der Waals surface area contributed by atoms with Gasteiger partial charge in [-0.3, -0.25) is 0 Å². The maximum absolute atomic E-state index is 10.5. The average molecular weight is 272 g/mol. The highest BCUT2D eigenvalue weighted by Crippen LogP contribution is 2.18. The quantitative estimate of drug-likeness (QED) is 0.850. The van der Waals surface area contributed by atoms with Gasteiger partial charge in [0.15, 0.2) is 0 Å². The standard InChI is InChI=1S/C15H16N2O3/c1-3-20-14-7-5-13(6-8-14)17-11(2)12(10-16-17)4-9-15(18)19/h4-10H,3H2,1-2H3,(H,18,19)/b9-4+. The van der Waals surface area contributed by atoms with Gasteiger partial charge in [-0.25, -0.2) is 9.48 Å². The Balaban J connectivity index is 2.27. The molecule has 0 aliphatic heterocycles. The molecule has 1 aromatic carbocycles. The third-order valence-corrected chi connectivity index (χ3v) is 2.85. The third-order valence-electron chi connectivity index (χ3n) is 2.85. The van der Waals surface area contributed by atoms with Crippen LogP contribution in [0, 0.1) is 6.92 Å². The van der Waals surface area contributed by atoms with E-state index in [0.717, 1.165) is 28.8 Å². The van der Waals surface area contributed by atoms with Crippen LogP contribution in [0.5, 0.6) is 5.75 Å². The van der Waals surface area contributed by atoms with E-state index in [4.69, 9.17) is 9.84 Å². The molecule has 0 spiro atoms. The minimum absolute atomic E-state index is 0.629. The van der Waals surface area contributed by atoms with E-state index < -0.39 is 5.97 Å². The number of hydrogen-bond donors (Lipinski definition) is 1. The van der Waals surface area contributed by atoms with E-state index in [0.29, 0.717) is 6.61 Å². The fraction of sp³-hybridized carbons (Fsp3) is 0.200. The second kappa shape index (κ2) is 6.06. The maximum atomic E-state index is 10.5. The van der Waals surface area contributed by atoms with Crippen LogP contribution in [0.15, 0.2) is 36.5 Å². The maximum Gasteiger partial charge on any atom is 0.328 e. The first-order chi connectivity index (χ1) is 9.61. The van der Waals surface area contributed by atoms with Gasteiger partial charge in [0.05, 0.1) is 18.5 Å². The summed E-state index contributed by atoms with van der Waals surface area (Å²) in [7, 11) is 0. The minimum atomic E-state index is -0.974. The van der Waals surface area contributed by atoms with Crippen LogP contribution in [-0.2, 0) is 4.79 Å². The molecule has 2 rings (SSSR count).